The van der Waals surface area contributed by atoms with Gasteiger partial charge in [0.05, 0.1) is 15.4 Å². The van der Waals surface area contributed by atoms with E-state index in [-0.39, 0.29) is 41.0 Å². The number of nitrogens with one attached hydrogen (secondary N) is 2. The molecule has 0 radical (unpaired) electrons. The van der Waals surface area contributed by atoms with Crippen LogP contribution in [0, 0.1) is 0 Å². The highest BCUT2D eigenvalue weighted by molar-refractivity contribution is 7.89. The summed E-state index contributed by atoms with van der Waals surface area (Å²) < 4.78 is 59.0. The van der Waals surface area contributed by atoms with Gasteiger partial charge in [0.2, 0.25) is 20.0 Å². The molecule has 1 aliphatic carbocycles. The third kappa shape index (κ3) is 9.55. The Balaban J connectivity index is 1.60. The summed E-state index contributed by atoms with van der Waals surface area (Å²) in [6, 6.07) is 17.2. The van der Waals surface area contributed by atoms with Gasteiger partial charge in [-0.15, -0.1) is 0 Å². The molecule has 0 bridgehead atoms. The second kappa shape index (κ2) is 16.9. The van der Waals surface area contributed by atoms with Gasteiger partial charge in [0.25, 0.3) is 0 Å². The van der Waals surface area contributed by atoms with Gasteiger partial charge in [-0.05, 0) is 105 Å². The molecule has 3 aromatic carbocycles. The van der Waals surface area contributed by atoms with Gasteiger partial charge in [-0.3, -0.25) is 0 Å². The van der Waals surface area contributed by atoms with Crippen LogP contribution in [0.1, 0.15) is 73.4 Å². The summed E-state index contributed by atoms with van der Waals surface area (Å²) in [4.78, 5) is 11.6. The Kier molecular flexibility index (Phi) is 13.2. The predicted octanol–water partition coefficient (Wildman–Crippen LogP) is 6.18. The van der Waals surface area contributed by atoms with Gasteiger partial charge >= 0.3 is 5.97 Å². The molecular weight excluding hydrogens is 660 g/mol. The summed E-state index contributed by atoms with van der Waals surface area (Å²) in [6.07, 6.45) is 5.83. The van der Waals surface area contributed by atoms with E-state index in [4.69, 9.17) is 11.6 Å². The number of hydrogen-bond acceptors (Lipinski definition) is 7. The number of nitrogens with zero attached hydrogens (tertiary/aromatic N) is 2. The van der Waals surface area contributed by atoms with E-state index in [0.29, 0.717) is 22.7 Å². The molecule has 13 heteroatoms. The molecule has 10 nitrogen and oxygen atoms in total. The Morgan fingerprint density at radius 1 is 0.851 bits per heavy atom. The molecule has 0 amide bonds. The number of carboxylic acids is 1. The SMILES string of the molecule is CCCNCCCCN(Cc1ccc(C(=O)O)c(NC)c1)S(=O)(=O)c1ccc(S(=O)(=O)N(Cc2ccc(Cl)cc2)C2CCCC2)cc1. The van der Waals surface area contributed by atoms with Gasteiger partial charge in [-0.1, -0.05) is 49.6 Å². The number of carbonyl (C=O) groups is 1. The maximum atomic E-state index is 14.0. The first-order valence-electron chi connectivity index (χ1n) is 16.1. The van der Waals surface area contributed by atoms with Crippen LogP contribution >= 0.6 is 11.6 Å². The maximum absolute atomic E-state index is 14.0. The summed E-state index contributed by atoms with van der Waals surface area (Å²) in [7, 11) is -6.36. The Labute approximate surface area is 284 Å². The van der Waals surface area contributed by atoms with E-state index in [2.05, 4.69) is 17.6 Å². The van der Waals surface area contributed by atoms with Crippen molar-refractivity contribution in [1.82, 2.24) is 13.9 Å². The number of unbranched alkanes of at least 4 members (excludes halogenated alkanes) is 1. The molecule has 256 valence electrons. The standard InChI is InChI=1S/C34H45ClN4O6S2/c1-3-20-37-21-6-7-22-38(24-27-12-19-32(34(40)41)33(23-27)36-2)46(42,43)30-15-17-31(18-16-30)47(44,45)39(29-8-4-5-9-29)25-26-10-13-28(35)14-11-26/h10-19,23,29,36-37H,3-9,20-22,24-25H2,1-2H3,(H,40,41). The number of hydrogen-bond donors (Lipinski definition) is 3. The topological polar surface area (TPSA) is 136 Å². The van der Waals surface area contributed by atoms with E-state index in [9.17, 15) is 26.7 Å². The molecule has 1 aliphatic rings. The van der Waals surface area contributed by atoms with Crippen LogP contribution in [-0.4, -0.2) is 69.2 Å². The molecule has 1 saturated carbocycles. The minimum absolute atomic E-state index is 0.0123. The van der Waals surface area contributed by atoms with E-state index in [1.807, 2.05) is 12.1 Å². The first kappa shape index (κ1) is 36.8. The van der Waals surface area contributed by atoms with Gasteiger partial charge in [0.1, 0.15) is 0 Å². The fraction of sp³-hybridized carbons (Fsp3) is 0.441. The molecule has 3 aromatic rings. The van der Waals surface area contributed by atoms with Crippen molar-refractivity contribution in [2.24, 2.45) is 0 Å². The summed E-state index contributed by atoms with van der Waals surface area (Å²) in [5.41, 5.74) is 1.92. The van der Waals surface area contributed by atoms with E-state index >= 15 is 0 Å². The molecular formula is C34H45ClN4O6S2. The minimum Gasteiger partial charge on any atom is -0.478 e. The van der Waals surface area contributed by atoms with E-state index in [1.165, 1.54) is 38.9 Å². The summed E-state index contributed by atoms with van der Waals surface area (Å²) in [6.45, 7) is 4.19. The summed E-state index contributed by atoms with van der Waals surface area (Å²) >= 11 is 6.05. The zero-order valence-electron chi connectivity index (χ0n) is 27.0. The average Bonchev–Trinajstić information content (AvgIpc) is 3.60. The molecule has 0 aliphatic heterocycles. The number of sulfonamides is 2. The number of rotatable bonds is 18. The van der Waals surface area contributed by atoms with Crippen molar-refractivity contribution >= 4 is 43.3 Å². The third-order valence-corrected chi connectivity index (χ3v) is 12.5. The number of benzene rings is 3. The molecule has 0 spiro atoms. The highest BCUT2D eigenvalue weighted by atomic mass is 35.5. The molecule has 0 atom stereocenters. The lowest BCUT2D eigenvalue weighted by Gasteiger charge is -2.28. The predicted molar refractivity (Wildman–Crippen MR) is 186 cm³/mol. The molecule has 0 saturated heterocycles. The van der Waals surface area contributed by atoms with Crippen molar-refractivity contribution in [3.63, 3.8) is 0 Å². The molecule has 1 fully saturated rings. The van der Waals surface area contributed by atoms with Gasteiger partial charge < -0.3 is 15.7 Å². The Hall–Kier alpha value is -3.00. The van der Waals surface area contributed by atoms with Crippen LogP contribution in [0.25, 0.3) is 0 Å². The van der Waals surface area contributed by atoms with Gasteiger partial charge in [-0.2, -0.15) is 8.61 Å². The minimum atomic E-state index is -4.04. The van der Waals surface area contributed by atoms with Gasteiger partial charge in [-0.25, -0.2) is 21.6 Å². The molecule has 0 unspecified atom stereocenters. The van der Waals surface area contributed by atoms with Crippen molar-refractivity contribution in [3.8, 4) is 0 Å². The first-order valence-corrected chi connectivity index (χ1v) is 19.3. The van der Waals surface area contributed by atoms with Crippen LogP contribution in [0.4, 0.5) is 5.69 Å². The van der Waals surface area contributed by atoms with E-state index < -0.39 is 26.0 Å². The fourth-order valence-electron chi connectivity index (χ4n) is 5.85. The number of anilines is 1. The van der Waals surface area contributed by atoms with Crippen molar-refractivity contribution in [2.75, 3.05) is 32.0 Å². The summed E-state index contributed by atoms with van der Waals surface area (Å²) in [5.74, 6) is -1.08. The zero-order chi connectivity index (χ0) is 34.0. The van der Waals surface area contributed by atoms with Gasteiger partial charge in [0.15, 0.2) is 0 Å². The van der Waals surface area contributed by atoms with Crippen molar-refractivity contribution in [2.45, 2.75) is 80.8 Å². The lowest BCUT2D eigenvalue weighted by Crippen LogP contribution is -2.38. The van der Waals surface area contributed by atoms with Crippen molar-refractivity contribution in [3.05, 3.63) is 88.4 Å². The fourth-order valence-corrected chi connectivity index (χ4v) is 9.12. The quantitative estimate of drug-likeness (QED) is 0.134. The largest absolute Gasteiger partial charge is 0.478 e. The second-order valence-corrected chi connectivity index (χ2v) is 16.1. The van der Waals surface area contributed by atoms with Gasteiger partial charge in [0, 0.05) is 43.4 Å². The number of halogens is 1. The smallest absolute Gasteiger partial charge is 0.337 e. The molecule has 3 N–H and O–H groups in total. The normalized spacial score (nSPS) is 14.2. The first-order chi connectivity index (χ1) is 22.5. The Bertz CT molecular complexity index is 1700. The average molecular weight is 705 g/mol. The number of carboxylic acid groups (broad SMARTS) is 1. The number of aromatic carboxylic acids is 1. The van der Waals surface area contributed by atoms with Crippen LogP contribution in [0.15, 0.2) is 76.5 Å². The maximum Gasteiger partial charge on any atom is 0.337 e. The highest BCUT2D eigenvalue weighted by Gasteiger charge is 2.34. The zero-order valence-corrected chi connectivity index (χ0v) is 29.4. The monoisotopic (exact) mass is 704 g/mol. The molecule has 4 rings (SSSR count). The Morgan fingerprint density at radius 2 is 1.47 bits per heavy atom. The molecule has 47 heavy (non-hydrogen) atoms. The van der Waals surface area contributed by atoms with E-state index in [1.54, 1.807) is 31.3 Å². The third-order valence-electron chi connectivity index (χ3n) is 8.43. The van der Waals surface area contributed by atoms with Crippen molar-refractivity contribution in [1.29, 1.82) is 0 Å². The van der Waals surface area contributed by atoms with Crippen LogP contribution in [0.5, 0.6) is 0 Å². The highest BCUT2D eigenvalue weighted by Crippen LogP contribution is 2.31. The van der Waals surface area contributed by atoms with Crippen LogP contribution in [-0.2, 0) is 33.1 Å². The molecule has 0 aromatic heterocycles. The lowest BCUT2D eigenvalue weighted by atomic mass is 10.1. The second-order valence-electron chi connectivity index (χ2n) is 11.8. The summed E-state index contributed by atoms with van der Waals surface area (Å²) in [5, 5.41) is 16.3. The van der Waals surface area contributed by atoms with Crippen molar-refractivity contribution < 1.29 is 26.7 Å². The van der Waals surface area contributed by atoms with Crippen LogP contribution in [0.3, 0.4) is 0 Å². The van der Waals surface area contributed by atoms with E-state index in [0.717, 1.165) is 57.2 Å². The van der Waals surface area contributed by atoms with Crippen LogP contribution in [0.2, 0.25) is 5.02 Å². The Morgan fingerprint density at radius 3 is 2.06 bits per heavy atom. The van der Waals surface area contributed by atoms with Crippen LogP contribution < -0.4 is 10.6 Å². The lowest BCUT2D eigenvalue weighted by molar-refractivity contribution is 0.0698. The molecule has 0 heterocycles.